The second-order valence-corrected chi connectivity index (χ2v) is 8.22. The number of nitrogens with one attached hydrogen (secondary N) is 1. The zero-order valence-electron chi connectivity index (χ0n) is 17.5. The topological polar surface area (TPSA) is 86.6 Å². The lowest BCUT2D eigenvalue weighted by Crippen LogP contribution is -2.33. The maximum atomic E-state index is 12.9. The van der Waals surface area contributed by atoms with Crippen LogP contribution in [0, 0.1) is 0 Å². The summed E-state index contributed by atoms with van der Waals surface area (Å²) in [7, 11) is 0. The molecule has 1 aliphatic heterocycles. The second kappa shape index (κ2) is 8.27. The summed E-state index contributed by atoms with van der Waals surface area (Å²) in [6, 6.07) is 3.97. The molecule has 0 fully saturated rings. The Bertz CT molecular complexity index is 1000. The zero-order chi connectivity index (χ0) is 21.2. The monoisotopic (exact) mass is 400 g/mol. The first kappa shape index (κ1) is 20.9. The summed E-state index contributed by atoms with van der Waals surface area (Å²) in [6.07, 6.45) is 3.43. The molecule has 0 saturated carbocycles. The van der Waals surface area contributed by atoms with E-state index in [9.17, 15) is 14.4 Å². The van der Waals surface area contributed by atoms with Crippen LogP contribution >= 0.6 is 0 Å². The van der Waals surface area contributed by atoms with Gasteiger partial charge in [0.05, 0.1) is 12.1 Å². The number of hydrogen-bond donors (Lipinski definition) is 1. The molecule has 29 heavy (non-hydrogen) atoms. The van der Waals surface area contributed by atoms with Gasteiger partial charge in [-0.3, -0.25) is 4.79 Å². The standard InChI is InChI=1S/C22H28N2O5/c1-5-28-20(26)17-13-24-10-8-15-11-14(12-16(18(15)24)19(17)25)7-6-9-23-21(27)29-22(2,3)4/h11-13H,5-10H2,1-4H3,(H,23,27). The first-order valence-corrected chi connectivity index (χ1v) is 10.0. The van der Waals surface area contributed by atoms with E-state index in [4.69, 9.17) is 9.47 Å². The van der Waals surface area contributed by atoms with Crippen LogP contribution < -0.4 is 10.7 Å². The largest absolute Gasteiger partial charge is 0.462 e. The highest BCUT2D eigenvalue weighted by atomic mass is 16.6. The molecule has 1 N–H and O–H groups in total. The first-order valence-electron chi connectivity index (χ1n) is 10.0. The average Bonchev–Trinajstić information content (AvgIpc) is 3.03. The summed E-state index contributed by atoms with van der Waals surface area (Å²) in [6.45, 7) is 8.63. The summed E-state index contributed by atoms with van der Waals surface area (Å²) in [5.74, 6) is -0.580. The molecule has 2 aromatic rings. The van der Waals surface area contributed by atoms with Crippen molar-refractivity contribution >= 4 is 23.0 Å². The normalized spacial score (nSPS) is 12.8. The quantitative estimate of drug-likeness (QED) is 0.594. The molecule has 0 aliphatic carbocycles. The molecule has 0 radical (unpaired) electrons. The van der Waals surface area contributed by atoms with Crippen molar-refractivity contribution in [2.45, 2.75) is 59.1 Å². The van der Waals surface area contributed by atoms with Crippen LogP contribution in [0.1, 0.15) is 55.6 Å². The highest BCUT2D eigenvalue weighted by molar-refractivity contribution is 5.95. The molecular weight excluding hydrogens is 372 g/mol. The van der Waals surface area contributed by atoms with Crippen molar-refractivity contribution in [2.75, 3.05) is 13.2 Å². The summed E-state index contributed by atoms with van der Waals surface area (Å²) in [5.41, 5.74) is 2.31. The van der Waals surface area contributed by atoms with Crippen LogP contribution in [-0.4, -0.2) is 35.4 Å². The van der Waals surface area contributed by atoms with E-state index >= 15 is 0 Å². The number of benzene rings is 1. The van der Waals surface area contributed by atoms with Gasteiger partial charge in [0.2, 0.25) is 5.43 Å². The average molecular weight is 400 g/mol. The fourth-order valence-electron chi connectivity index (χ4n) is 3.60. The third-order valence-corrected chi connectivity index (χ3v) is 4.74. The molecule has 1 aliphatic rings. The Balaban J connectivity index is 1.76. The molecule has 1 aromatic heterocycles. The summed E-state index contributed by atoms with van der Waals surface area (Å²) < 4.78 is 12.2. The van der Waals surface area contributed by atoms with Gasteiger partial charge in [-0.15, -0.1) is 0 Å². The van der Waals surface area contributed by atoms with E-state index in [0.29, 0.717) is 18.4 Å². The van der Waals surface area contributed by atoms with Crippen molar-refractivity contribution in [1.82, 2.24) is 9.88 Å². The van der Waals surface area contributed by atoms with E-state index in [1.54, 1.807) is 13.1 Å². The van der Waals surface area contributed by atoms with E-state index in [2.05, 4.69) is 11.4 Å². The lowest BCUT2D eigenvalue weighted by molar-refractivity contribution is 0.0515. The molecule has 0 spiro atoms. The Morgan fingerprint density at radius 1 is 1.24 bits per heavy atom. The second-order valence-electron chi connectivity index (χ2n) is 8.22. The number of carbonyl (C=O) groups excluding carboxylic acids is 2. The smallest absolute Gasteiger partial charge is 0.407 e. The number of amides is 1. The number of carbonyl (C=O) groups is 2. The lowest BCUT2D eigenvalue weighted by atomic mass is 10.0. The van der Waals surface area contributed by atoms with Gasteiger partial charge in [0, 0.05) is 24.7 Å². The van der Waals surface area contributed by atoms with Crippen LogP contribution in [0.15, 0.2) is 23.1 Å². The van der Waals surface area contributed by atoms with Gasteiger partial charge in [-0.2, -0.15) is 0 Å². The Morgan fingerprint density at radius 3 is 2.69 bits per heavy atom. The van der Waals surface area contributed by atoms with Gasteiger partial charge in [-0.1, -0.05) is 6.07 Å². The minimum Gasteiger partial charge on any atom is -0.462 e. The summed E-state index contributed by atoms with van der Waals surface area (Å²) >= 11 is 0. The minimum atomic E-state index is -0.580. The van der Waals surface area contributed by atoms with Gasteiger partial charge in [-0.25, -0.2) is 9.59 Å². The van der Waals surface area contributed by atoms with Crippen LogP contribution in [0.3, 0.4) is 0 Å². The van der Waals surface area contributed by atoms with E-state index in [0.717, 1.165) is 36.0 Å². The third kappa shape index (κ3) is 4.78. The molecule has 0 unspecified atom stereocenters. The lowest BCUT2D eigenvalue weighted by Gasteiger charge is -2.19. The van der Waals surface area contributed by atoms with Crippen LogP contribution in [0.4, 0.5) is 4.79 Å². The molecule has 2 heterocycles. The van der Waals surface area contributed by atoms with Gasteiger partial charge in [-0.05, 0) is 64.2 Å². The van der Waals surface area contributed by atoms with Crippen molar-refractivity contribution in [2.24, 2.45) is 0 Å². The number of pyridine rings is 1. The number of aromatic nitrogens is 1. The maximum Gasteiger partial charge on any atom is 0.407 e. The number of esters is 1. The van der Waals surface area contributed by atoms with Crippen molar-refractivity contribution in [3.05, 3.63) is 45.2 Å². The van der Waals surface area contributed by atoms with Gasteiger partial charge < -0.3 is 19.4 Å². The van der Waals surface area contributed by atoms with Crippen molar-refractivity contribution in [1.29, 1.82) is 0 Å². The van der Waals surface area contributed by atoms with Gasteiger partial charge in [0.1, 0.15) is 11.2 Å². The zero-order valence-corrected chi connectivity index (χ0v) is 17.5. The Morgan fingerprint density at radius 2 is 2.00 bits per heavy atom. The molecule has 0 saturated heterocycles. The first-order chi connectivity index (χ1) is 13.7. The molecule has 7 nitrogen and oxygen atoms in total. The van der Waals surface area contributed by atoms with Gasteiger partial charge in [0.15, 0.2) is 0 Å². The van der Waals surface area contributed by atoms with Crippen molar-refractivity contribution in [3.8, 4) is 0 Å². The minimum absolute atomic E-state index is 0.0796. The van der Waals surface area contributed by atoms with Gasteiger partial charge >= 0.3 is 12.1 Å². The molecule has 156 valence electrons. The molecule has 0 bridgehead atoms. The fraction of sp³-hybridized carbons (Fsp3) is 0.500. The molecular formula is C22H28N2O5. The molecule has 1 aromatic carbocycles. The van der Waals surface area contributed by atoms with Crippen LogP contribution in [0.2, 0.25) is 0 Å². The molecule has 3 rings (SSSR count). The Kier molecular flexibility index (Phi) is 5.96. The van der Waals surface area contributed by atoms with E-state index in [1.807, 2.05) is 31.4 Å². The SMILES string of the molecule is CCOC(=O)c1cn2c3c(cc(CCCNC(=O)OC(C)(C)C)cc3c1=O)CC2. The van der Waals surface area contributed by atoms with E-state index in [-0.39, 0.29) is 17.6 Å². The van der Waals surface area contributed by atoms with Crippen molar-refractivity contribution < 1.29 is 19.1 Å². The molecule has 7 heteroatoms. The maximum absolute atomic E-state index is 12.9. The number of rotatable bonds is 6. The predicted octanol–water partition coefficient (Wildman–Crippen LogP) is 3.19. The van der Waals surface area contributed by atoms with Crippen LogP contribution in [0.25, 0.3) is 10.9 Å². The Labute approximate surface area is 170 Å². The summed E-state index contributed by atoms with van der Waals surface area (Å²) in [4.78, 5) is 36.8. The third-order valence-electron chi connectivity index (χ3n) is 4.74. The molecule has 1 amide bonds. The summed E-state index contributed by atoms with van der Waals surface area (Å²) in [5, 5.41) is 3.30. The van der Waals surface area contributed by atoms with E-state index < -0.39 is 17.7 Å². The number of alkyl carbamates (subject to hydrolysis) is 1. The van der Waals surface area contributed by atoms with Crippen LogP contribution in [-0.2, 0) is 28.9 Å². The number of aryl methyl sites for hydroxylation is 3. The van der Waals surface area contributed by atoms with E-state index in [1.165, 1.54) is 0 Å². The highest BCUT2D eigenvalue weighted by Crippen LogP contribution is 2.26. The fourth-order valence-corrected chi connectivity index (χ4v) is 3.60. The van der Waals surface area contributed by atoms with Gasteiger partial charge in [0.25, 0.3) is 0 Å². The predicted molar refractivity (Wildman–Crippen MR) is 110 cm³/mol. The Hall–Kier alpha value is -2.83. The highest BCUT2D eigenvalue weighted by Gasteiger charge is 2.22. The van der Waals surface area contributed by atoms with Crippen molar-refractivity contribution in [3.63, 3.8) is 0 Å². The number of nitrogens with zero attached hydrogens (tertiary/aromatic N) is 1. The number of hydrogen-bond acceptors (Lipinski definition) is 5. The number of ether oxygens (including phenoxy) is 2. The molecule has 0 atom stereocenters. The van der Waals surface area contributed by atoms with Crippen LogP contribution in [0.5, 0.6) is 0 Å².